The van der Waals surface area contributed by atoms with Gasteiger partial charge in [0.25, 0.3) is 5.91 Å². The second kappa shape index (κ2) is 9.98. The van der Waals surface area contributed by atoms with Gasteiger partial charge in [-0.25, -0.2) is 0 Å². The monoisotopic (exact) mass is 451 g/mol. The highest BCUT2D eigenvalue weighted by atomic mass is 19.4. The summed E-state index contributed by atoms with van der Waals surface area (Å²) in [4.78, 5) is 20.2. The quantitative estimate of drug-likeness (QED) is 0.530. The van der Waals surface area contributed by atoms with Gasteiger partial charge in [0.15, 0.2) is 0 Å². The van der Waals surface area contributed by atoms with Gasteiger partial charge < -0.3 is 5.32 Å². The Morgan fingerprint density at radius 2 is 1.82 bits per heavy atom. The van der Waals surface area contributed by atoms with Gasteiger partial charge in [-0.1, -0.05) is 35.9 Å². The van der Waals surface area contributed by atoms with Gasteiger partial charge in [0.05, 0.1) is 5.56 Å². The van der Waals surface area contributed by atoms with E-state index in [0.29, 0.717) is 17.7 Å². The van der Waals surface area contributed by atoms with Crippen molar-refractivity contribution in [2.24, 2.45) is 0 Å². The average Bonchev–Trinajstić information content (AvgIpc) is 2.81. The van der Waals surface area contributed by atoms with E-state index in [2.05, 4.69) is 21.4 Å². The van der Waals surface area contributed by atoms with Crippen molar-refractivity contribution >= 4 is 12.0 Å². The van der Waals surface area contributed by atoms with Crippen molar-refractivity contribution in [3.8, 4) is 0 Å². The number of benzene rings is 1. The van der Waals surface area contributed by atoms with Gasteiger partial charge >= 0.3 is 6.18 Å². The highest BCUT2D eigenvalue weighted by Gasteiger charge is 2.30. The van der Waals surface area contributed by atoms with Crippen LogP contribution < -0.4 is 5.32 Å². The van der Waals surface area contributed by atoms with Crippen LogP contribution in [0.3, 0.4) is 0 Å². The number of carbonyl (C=O) groups is 1. The molecule has 4 rings (SSSR count). The zero-order valence-electron chi connectivity index (χ0n) is 18.0. The first-order valence-corrected chi connectivity index (χ1v) is 10.9. The van der Waals surface area contributed by atoms with E-state index in [9.17, 15) is 18.0 Å². The van der Waals surface area contributed by atoms with E-state index in [1.54, 1.807) is 24.5 Å². The summed E-state index contributed by atoms with van der Waals surface area (Å²) in [6.45, 7) is 0. The summed E-state index contributed by atoms with van der Waals surface area (Å²) < 4.78 is 38.2. The molecule has 4 nitrogen and oxygen atoms in total. The van der Waals surface area contributed by atoms with Gasteiger partial charge in [-0.3, -0.25) is 14.8 Å². The number of pyridine rings is 2. The fraction of sp³-hybridized carbons (Fsp3) is 0.269. The zero-order chi connectivity index (χ0) is 23.3. The molecule has 1 aliphatic carbocycles. The molecule has 0 bridgehead atoms. The predicted molar refractivity (Wildman–Crippen MR) is 120 cm³/mol. The van der Waals surface area contributed by atoms with Crippen LogP contribution in [0.15, 0.2) is 72.7 Å². The Morgan fingerprint density at radius 1 is 1.06 bits per heavy atom. The van der Waals surface area contributed by atoms with Crippen molar-refractivity contribution < 1.29 is 18.0 Å². The Morgan fingerprint density at radius 3 is 2.48 bits per heavy atom. The van der Waals surface area contributed by atoms with Crippen LogP contribution in [-0.4, -0.2) is 21.9 Å². The molecule has 1 amide bonds. The lowest BCUT2D eigenvalue weighted by Gasteiger charge is -2.25. The van der Waals surface area contributed by atoms with E-state index in [1.807, 2.05) is 24.3 Å². The van der Waals surface area contributed by atoms with E-state index in [0.717, 1.165) is 49.1 Å². The Hall–Kier alpha value is -3.48. The molecule has 1 aromatic carbocycles. The Balaban J connectivity index is 1.34. The fourth-order valence-electron chi connectivity index (χ4n) is 3.98. The van der Waals surface area contributed by atoms with Gasteiger partial charge in [0, 0.05) is 42.3 Å². The van der Waals surface area contributed by atoms with Crippen LogP contribution in [0, 0.1) is 0 Å². The number of rotatable bonds is 5. The van der Waals surface area contributed by atoms with Crippen molar-refractivity contribution in [3.63, 3.8) is 0 Å². The molecule has 0 aliphatic heterocycles. The molecule has 170 valence electrons. The van der Waals surface area contributed by atoms with Gasteiger partial charge in [-0.2, -0.15) is 13.2 Å². The molecule has 0 atom stereocenters. The van der Waals surface area contributed by atoms with E-state index in [-0.39, 0.29) is 11.9 Å². The maximum atomic E-state index is 12.7. The predicted octanol–water partition coefficient (Wildman–Crippen LogP) is 5.84. The van der Waals surface area contributed by atoms with Gasteiger partial charge in [0.1, 0.15) is 0 Å². The van der Waals surface area contributed by atoms with Crippen LogP contribution in [0.1, 0.15) is 58.4 Å². The third-order valence-corrected chi connectivity index (χ3v) is 5.76. The highest BCUT2D eigenvalue weighted by molar-refractivity contribution is 5.94. The minimum atomic E-state index is -4.38. The highest BCUT2D eigenvalue weighted by Crippen LogP contribution is 2.29. The molecule has 0 radical (unpaired) electrons. The number of carbonyl (C=O) groups excluding carboxylic acids is 1. The number of nitrogens with one attached hydrogen (secondary N) is 1. The Bertz CT molecular complexity index is 1120. The van der Waals surface area contributed by atoms with Crippen LogP contribution in [0.5, 0.6) is 0 Å². The first-order chi connectivity index (χ1) is 15.9. The van der Waals surface area contributed by atoms with Gasteiger partial charge in [0.2, 0.25) is 0 Å². The molecule has 1 saturated carbocycles. The zero-order valence-corrected chi connectivity index (χ0v) is 18.0. The Kier molecular flexibility index (Phi) is 6.87. The molecular weight excluding hydrogens is 427 g/mol. The van der Waals surface area contributed by atoms with Gasteiger partial charge in [-0.05, 0) is 61.1 Å². The minimum Gasteiger partial charge on any atom is -0.349 e. The molecule has 2 aromatic heterocycles. The molecule has 7 heteroatoms. The van der Waals surface area contributed by atoms with Crippen LogP contribution >= 0.6 is 0 Å². The second-order valence-corrected chi connectivity index (χ2v) is 8.24. The first kappa shape index (κ1) is 22.7. The third kappa shape index (κ3) is 6.28. The first-order valence-electron chi connectivity index (χ1n) is 10.9. The molecule has 1 fully saturated rings. The smallest absolute Gasteiger partial charge is 0.349 e. The second-order valence-electron chi connectivity index (χ2n) is 8.24. The molecule has 0 saturated heterocycles. The van der Waals surface area contributed by atoms with E-state index >= 15 is 0 Å². The maximum Gasteiger partial charge on any atom is 0.417 e. The summed E-state index contributed by atoms with van der Waals surface area (Å²) in [6, 6.07) is 14.0. The van der Waals surface area contributed by atoms with Crippen LogP contribution in [0.2, 0.25) is 0 Å². The van der Waals surface area contributed by atoms with Crippen LogP contribution in [-0.2, 0) is 12.6 Å². The molecule has 1 N–H and O–H groups in total. The number of hydrogen-bond acceptors (Lipinski definition) is 3. The number of amides is 1. The lowest BCUT2D eigenvalue weighted by Crippen LogP contribution is -2.36. The normalized spacial score (nSPS) is 16.3. The topological polar surface area (TPSA) is 54.9 Å². The number of alkyl halides is 3. The van der Waals surface area contributed by atoms with E-state index in [4.69, 9.17) is 0 Å². The summed E-state index contributed by atoms with van der Waals surface area (Å²) >= 11 is 0. The largest absolute Gasteiger partial charge is 0.417 e. The Labute approximate surface area is 190 Å². The number of halogens is 3. The summed E-state index contributed by atoms with van der Waals surface area (Å²) in [5, 5.41) is 3.10. The molecule has 3 aromatic rings. The number of allylic oxidation sites excluding steroid dienone is 1. The lowest BCUT2D eigenvalue weighted by atomic mass is 9.89. The molecule has 0 spiro atoms. The van der Waals surface area contributed by atoms with Gasteiger partial charge in [-0.15, -0.1) is 0 Å². The summed E-state index contributed by atoms with van der Waals surface area (Å²) in [5.74, 6) is -0.0700. The van der Waals surface area contributed by atoms with Crippen molar-refractivity contribution in [2.45, 2.75) is 44.3 Å². The molecule has 33 heavy (non-hydrogen) atoms. The van der Waals surface area contributed by atoms with E-state index < -0.39 is 11.7 Å². The lowest BCUT2D eigenvalue weighted by molar-refractivity contribution is -0.137. The SMILES string of the molecule is O=C(NC1CCC(=Cc2cccc(Cc3ccc(C(F)(F)F)cn3)c2)CC1)c1ccncc1. The van der Waals surface area contributed by atoms with E-state index in [1.165, 1.54) is 11.6 Å². The van der Waals surface area contributed by atoms with Crippen LogP contribution in [0.4, 0.5) is 13.2 Å². The molecule has 1 aliphatic rings. The summed E-state index contributed by atoms with van der Waals surface area (Å²) in [6.07, 6.45) is 5.96. The van der Waals surface area contributed by atoms with Crippen molar-refractivity contribution in [1.29, 1.82) is 0 Å². The number of nitrogens with zero attached hydrogens (tertiary/aromatic N) is 2. The molecule has 0 unspecified atom stereocenters. The summed E-state index contributed by atoms with van der Waals surface area (Å²) in [5.41, 5.74) is 3.86. The molecule has 2 heterocycles. The van der Waals surface area contributed by atoms with Crippen molar-refractivity contribution in [3.05, 3.63) is 101 Å². The maximum absolute atomic E-state index is 12.7. The van der Waals surface area contributed by atoms with Crippen LogP contribution in [0.25, 0.3) is 6.08 Å². The van der Waals surface area contributed by atoms with Crippen molar-refractivity contribution in [2.75, 3.05) is 0 Å². The average molecular weight is 451 g/mol. The molecular formula is C26H24F3N3O. The fourth-order valence-corrected chi connectivity index (χ4v) is 3.98. The number of aromatic nitrogens is 2. The third-order valence-electron chi connectivity index (χ3n) is 5.76. The standard InChI is InChI=1S/C26H24F3N3O/c27-26(28,29)22-6-9-24(31-17-22)16-20-3-1-2-19(15-20)14-18-4-7-23(8-5-18)32-25(33)21-10-12-30-13-11-21/h1-3,6,9-15,17,23H,4-5,7-8,16H2,(H,32,33). The van der Waals surface area contributed by atoms with Crippen molar-refractivity contribution in [1.82, 2.24) is 15.3 Å². The number of hydrogen-bond donors (Lipinski definition) is 1. The minimum absolute atomic E-state index is 0.0700. The summed E-state index contributed by atoms with van der Waals surface area (Å²) in [7, 11) is 0.